The molecule has 0 amide bonds. The summed E-state index contributed by atoms with van der Waals surface area (Å²) in [5, 5.41) is 3.54. The summed E-state index contributed by atoms with van der Waals surface area (Å²) >= 11 is 0. The molecule has 98 valence electrons. The first-order valence-electron chi connectivity index (χ1n) is 6.86. The molecule has 16 heavy (non-hydrogen) atoms. The van der Waals surface area contributed by atoms with Gasteiger partial charge in [-0.3, -0.25) is 0 Å². The van der Waals surface area contributed by atoms with Gasteiger partial charge in [-0.05, 0) is 24.2 Å². The summed E-state index contributed by atoms with van der Waals surface area (Å²) < 4.78 is 5.07. The Morgan fingerprint density at radius 1 is 1.19 bits per heavy atom. The van der Waals surface area contributed by atoms with Gasteiger partial charge in [-0.2, -0.15) is 0 Å². The van der Waals surface area contributed by atoms with Crippen molar-refractivity contribution in [2.75, 3.05) is 26.8 Å². The lowest BCUT2D eigenvalue weighted by atomic mass is 9.70. The second-order valence-electron chi connectivity index (χ2n) is 4.93. The molecule has 0 radical (unpaired) electrons. The van der Waals surface area contributed by atoms with Gasteiger partial charge in [0.15, 0.2) is 0 Å². The average Bonchev–Trinajstić information content (AvgIpc) is 2.30. The minimum Gasteiger partial charge on any atom is -0.383 e. The van der Waals surface area contributed by atoms with Crippen molar-refractivity contribution >= 4 is 0 Å². The van der Waals surface area contributed by atoms with Gasteiger partial charge in [-0.15, -0.1) is 0 Å². The molecule has 2 nitrogen and oxygen atoms in total. The topological polar surface area (TPSA) is 21.3 Å². The highest BCUT2D eigenvalue weighted by Crippen LogP contribution is 2.37. The van der Waals surface area contributed by atoms with E-state index in [-0.39, 0.29) is 0 Å². The number of hydrogen-bond donors (Lipinski definition) is 1. The maximum atomic E-state index is 5.07. The van der Waals surface area contributed by atoms with Gasteiger partial charge in [-0.25, -0.2) is 0 Å². The molecule has 0 aromatic heterocycles. The predicted octanol–water partition coefficient (Wildman–Crippen LogP) is 3.47. The standard InChI is InChI=1S/C14H31NO/c1-6-9-13(4)14(7-2,8-3)12-15-10-11-16-5/h13,15H,6-12H2,1-5H3. The molecule has 0 aliphatic carbocycles. The third-order valence-corrected chi connectivity index (χ3v) is 4.14. The molecule has 1 unspecified atom stereocenters. The smallest absolute Gasteiger partial charge is 0.0587 e. The van der Waals surface area contributed by atoms with E-state index < -0.39 is 0 Å². The van der Waals surface area contributed by atoms with Crippen LogP contribution in [-0.4, -0.2) is 26.8 Å². The van der Waals surface area contributed by atoms with E-state index >= 15 is 0 Å². The second kappa shape index (κ2) is 9.00. The number of methoxy groups -OCH3 is 1. The molecule has 2 heteroatoms. The number of hydrogen-bond acceptors (Lipinski definition) is 2. The van der Waals surface area contributed by atoms with Gasteiger partial charge in [-0.1, -0.05) is 40.5 Å². The zero-order valence-electron chi connectivity index (χ0n) is 11.9. The SMILES string of the molecule is CCCC(C)C(CC)(CC)CNCCOC. The highest BCUT2D eigenvalue weighted by atomic mass is 16.5. The van der Waals surface area contributed by atoms with E-state index in [9.17, 15) is 0 Å². The van der Waals surface area contributed by atoms with Crippen LogP contribution in [0.15, 0.2) is 0 Å². The quantitative estimate of drug-likeness (QED) is 0.579. The summed E-state index contributed by atoms with van der Waals surface area (Å²) in [5.74, 6) is 0.808. The third-order valence-electron chi connectivity index (χ3n) is 4.14. The first kappa shape index (κ1) is 15.9. The molecule has 1 atom stereocenters. The summed E-state index contributed by atoms with van der Waals surface area (Å²) in [6.07, 6.45) is 5.17. The lowest BCUT2D eigenvalue weighted by Gasteiger charge is -2.38. The fourth-order valence-corrected chi connectivity index (χ4v) is 2.62. The molecule has 0 saturated heterocycles. The number of ether oxygens (including phenoxy) is 1. The maximum Gasteiger partial charge on any atom is 0.0587 e. The minimum atomic E-state index is 0.476. The Balaban J connectivity index is 4.20. The van der Waals surface area contributed by atoms with Crippen LogP contribution in [0, 0.1) is 11.3 Å². The molecule has 0 heterocycles. The predicted molar refractivity (Wildman–Crippen MR) is 71.8 cm³/mol. The molecule has 0 bridgehead atoms. The number of rotatable bonds is 10. The third kappa shape index (κ3) is 4.84. The van der Waals surface area contributed by atoms with E-state index in [1.807, 2.05) is 0 Å². The first-order chi connectivity index (χ1) is 7.66. The highest BCUT2D eigenvalue weighted by molar-refractivity contribution is 4.84. The largest absolute Gasteiger partial charge is 0.383 e. The average molecular weight is 229 g/mol. The van der Waals surface area contributed by atoms with Crippen LogP contribution < -0.4 is 5.32 Å². The Morgan fingerprint density at radius 2 is 1.81 bits per heavy atom. The zero-order valence-corrected chi connectivity index (χ0v) is 11.9. The van der Waals surface area contributed by atoms with E-state index in [2.05, 4.69) is 33.0 Å². The molecule has 0 aliphatic rings. The lowest BCUT2D eigenvalue weighted by molar-refractivity contribution is 0.133. The van der Waals surface area contributed by atoms with E-state index in [0.29, 0.717) is 5.41 Å². The first-order valence-corrected chi connectivity index (χ1v) is 6.86. The molecule has 0 rings (SSSR count). The van der Waals surface area contributed by atoms with Crippen LogP contribution in [-0.2, 0) is 4.74 Å². The van der Waals surface area contributed by atoms with Crippen LogP contribution in [0.5, 0.6) is 0 Å². The normalized spacial score (nSPS) is 14.1. The van der Waals surface area contributed by atoms with Gasteiger partial charge in [0.2, 0.25) is 0 Å². The van der Waals surface area contributed by atoms with Gasteiger partial charge >= 0.3 is 0 Å². The van der Waals surface area contributed by atoms with Crippen LogP contribution in [0.4, 0.5) is 0 Å². The second-order valence-corrected chi connectivity index (χ2v) is 4.93. The van der Waals surface area contributed by atoms with E-state index in [1.165, 1.54) is 25.7 Å². The molecular formula is C14H31NO. The molecule has 1 N–H and O–H groups in total. The maximum absolute atomic E-state index is 5.07. The van der Waals surface area contributed by atoms with E-state index in [4.69, 9.17) is 4.74 Å². The van der Waals surface area contributed by atoms with Crippen LogP contribution >= 0.6 is 0 Å². The van der Waals surface area contributed by atoms with Crippen molar-refractivity contribution in [2.45, 2.75) is 53.4 Å². The van der Waals surface area contributed by atoms with Crippen molar-refractivity contribution in [1.82, 2.24) is 5.32 Å². The van der Waals surface area contributed by atoms with Crippen LogP contribution in [0.2, 0.25) is 0 Å². The summed E-state index contributed by atoms with van der Waals surface area (Å²) in [6, 6.07) is 0. The molecule has 0 aromatic carbocycles. The van der Waals surface area contributed by atoms with Gasteiger partial charge in [0.05, 0.1) is 6.61 Å². The van der Waals surface area contributed by atoms with Crippen molar-refractivity contribution in [3.05, 3.63) is 0 Å². The molecule has 0 spiro atoms. The Labute approximate surface area is 102 Å². The van der Waals surface area contributed by atoms with Crippen molar-refractivity contribution in [3.8, 4) is 0 Å². The van der Waals surface area contributed by atoms with E-state index in [1.54, 1.807) is 7.11 Å². The fourth-order valence-electron chi connectivity index (χ4n) is 2.62. The Kier molecular flexibility index (Phi) is 8.96. The molecule has 0 fully saturated rings. The monoisotopic (exact) mass is 229 g/mol. The van der Waals surface area contributed by atoms with Gasteiger partial charge in [0, 0.05) is 20.2 Å². The molecule has 0 saturated carbocycles. The Hall–Kier alpha value is -0.0800. The van der Waals surface area contributed by atoms with Crippen molar-refractivity contribution in [1.29, 1.82) is 0 Å². The molecule has 0 aliphatic heterocycles. The Bertz CT molecular complexity index is 155. The van der Waals surface area contributed by atoms with Gasteiger partial charge < -0.3 is 10.1 Å². The van der Waals surface area contributed by atoms with Crippen molar-refractivity contribution < 1.29 is 4.74 Å². The highest BCUT2D eigenvalue weighted by Gasteiger charge is 2.31. The zero-order chi connectivity index (χ0) is 12.4. The van der Waals surface area contributed by atoms with Crippen LogP contribution in [0.1, 0.15) is 53.4 Å². The molecule has 0 aromatic rings. The minimum absolute atomic E-state index is 0.476. The van der Waals surface area contributed by atoms with Crippen molar-refractivity contribution in [3.63, 3.8) is 0 Å². The molecular weight excluding hydrogens is 198 g/mol. The van der Waals surface area contributed by atoms with E-state index in [0.717, 1.165) is 25.6 Å². The summed E-state index contributed by atoms with van der Waals surface area (Å²) in [7, 11) is 1.76. The summed E-state index contributed by atoms with van der Waals surface area (Å²) in [4.78, 5) is 0. The Morgan fingerprint density at radius 3 is 2.25 bits per heavy atom. The van der Waals surface area contributed by atoms with Crippen LogP contribution in [0.3, 0.4) is 0 Å². The summed E-state index contributed by atoms with van der Waals surface area (Å²) in [5.41, 5.74) is 0.476. The van der Waals surface area contributed by atoms with Crippen LogP contribution in [0.25, 0.3) is 0 Å². The van der Waals surface area contributed by atoms with Gasteiger partial charge in [0.1, 0.15) is 0 Å². The number of nitrogens with one attached hydrogen (secondary N) is 1. The van der Waals surface area contributed by atoms with Crippen molar-refractivity contribution in [2.24, 2.45) is 11.3 Å². The van der Waals surface area contributed by atoms with Gasteiger partial charge in [0.25, 0.3) is 0 Å². The summed E-state index contributed by atoms with van der Waals surface area (Å²) in [6.45, 7) is 12.3. The fraction of sp³-hybridized carbons (Fsp3) is 1.00. The lowest BCUT2D eigenvalue weighted by Crippen LogP contribution is -2.39.